The van der Waals surface area contributed by atoms with E-state index in [0.717, 1.165) is 11.1 Å². The number of carbonyl (C=O) groups is 2. The standard InChI is InChI=1S/C19H21ClN2O4/c1-22(12-14-6-4-5-7-16(14)20)19(24)21-11-13-8-9-17(25-2)15(10-13)18(23)26-3/h4-10H,11-12H2,1-3H3,(H,21,24). The summed E-state index contributed by atoms with van der Waals surface area (Å²) >= 11 is 6.12. The maximum Gasteiger partial charge on any atom is 0.341 e. The fourth-order valence-electron chi connectivity index (χ4n) is 2.40. The van der Waals surface area contributed by atoms with E-state index in [2.05, 4.69) is 5.32 Å². The predicted octanol–water partition coefficient (Wildman–Crippen LogP) is 3.48. The number of urea groups is 1. The predicted molar refractivity (Wildman–Crippen MR) is 99.5 cm³/mol. The highest BCUT2D eigenvalue weighted by Gasteiger charge is 2.15. The highest BCUT2D eigenvalue weighted by Crippen LogP contribution is 2.21. The number of ether oxygens (including phenoxy) is 2. The van der Waals surface area contributed by atoms with Gasteiger partial charge in [0.25, 0.3) is 0 Å². The van der Waals surface area contributed by atoms with Crippen molar-refractivity contribution >= 4 is 23.6 Å². The smallest absolute Gasteiger partial charge is 0.341 e. The van der Waals surface area contributed by atoms with Gasteiger partial charge >= 0.3 is 12.0 Å². The topological polar surface area (TPSA) is 67.9 Å². The molecule has 1 N–H and O–H groups in total. The van der Waals surface area contributed by atoms with Gasteiger partial charge < -0.3 is 19.7 Å². The lowest BCUT2D eigenvalue weighted by Gasteiger charge is -2.19. The van der Waals surface area contributed by atoms with Gasteiger partial charge in [-0.25, -0.2) is 9.59 Å². The van der Waals surface area contributed by atoms with Gasteiger partial charge in [0, 0.05) is 25.2 Å². The van der Waals surface area contributed by atoms with Crippen molar-refractivity contribution in [2.24, 2.45) is 0 Å². The van der Waals surface area contributed by atoms with E-state index in [9.17, 15) is 9.59 Å². The summed E-state index contributed by atoms with van der Waals surface area (Å²) < 4.78 is 9.90. The number of esters is 1. The number of hydrogen-bond acceptors (Lipinski definition) is 4. The van der Waals surface area contributed by atoms with Crippen LogP contribution in [-0.2, 0) is 17.8 Å². The summed E-state index contributed by atoms with van der Waals surface area (Å²) in [6, 6.07) is 12.2. The number of halogens is 1. The van der Waals surface area contributed by atoms with E-state index in [1.54, 1.807) is 31.3 Å². The highest BCUT2D eigenvalue weighted by atomic mass is 35.5. The first-order valence-corrected chi connectivity index (χ1v) is 8.31. The van der Waals surface area contributed by atoms with Crippen LogP contribution >= 0.6 is 11.6 Å². The lowest BCUT2D eigenvalue weighted by Crippen LogP contribution is -2.36. The van der Waals surface area contributed by atoms with E-state index < -0.39 is 5.97 Å². The van der Waals surface area contributed by atoms with Crippen molar-refractivity contribution in [2.75, 3.05) is 21.3 Å². The Bertz CT molecular complexity index is 795. The summed E-state index contributed by atoms with van der Waals surface area (Å²) in [4.78, 5) is 25.6. The number of carbonyl (C=O) groups excluding carboxylic acids is 2. The van der Waals surface area contributed by atoms with Gasteiger partial charge in [-0.15, -0.1) is 0 Å². The third-order valence-corrected chi connectivity index (χ3v) is 4.19. The first-order valence-electron chi connectivity index (χ1n) is 7.94. The lowest BCUT2D eigenvalue weighted by atomic mass is 10.1. The molecule has 2 amide bonds. The first-order chi connectivity index (χ1) is 12.5. The van der Waals surface area contributed by atoms with E-state index in [-0.39, 0.29) is 12.6 Å². The van der Waals surface area contributed by atoms with Crippen LogP contribution in [0.4, 0.5) is 4.79 Å². The van der Waals surface area contributed by atoms with Gasteiger partial charge in [-0.2, -0.15) is 0 Å². The van der Waals surface area contributed by atoms with Crippen LogP contribution in [-0.4, -0.2) is 38.2 Å². The van der Waals surface area contributed by atoms with Crippen molar-refractivity contribution < 1.29 is 19.1 Å². The van der Waals surface area contributed by atoms with E-state index in [1.807, 2.05) is 18.2 Å². The summed E-state index contributed by atoms with van der Waals surface area (Å²) in [5.41, 5.74) is 1.93. The number of methoxy groups -OCH3 is 2. The molecule has 0 saturated carbocycles. The van der Waals surface area contributed by atoms with Gasteiger partial charge in [-0.1, -0.05) is 35.9 Å². The van der Waals surface area contributed by atoms with Crippen LogP contribution in [0.25, 0.3) is 0 Å². The third kappa shape index (κ3) is 4.89. The van der Waals surface area contributed by atoms with Crippen LogP contribution in [0.3, 0.4) is 0 Å². The van der Waals surface area contributed by atoms with Crippen LogP contribution in [0.15, 0.2) is 42.5 Å². The van der Waals surface area contributed by atoms with Crippen molar-refractivity contribution in [3.05, 3.63) is 64.2 Å². The fraction of sp³-hybridized carbons (Fsp3) is 0.263. The molecule has 138 valence electrons. The zero-order valence-corrected chi connectivity index (χ0v) is 15.7. The lowest BCUT2D eigenvalue weighted by molar-refractivity contribution is 0.0597. The summed E-state index contributed by atoms with van der Waals surface area (Å²) in [5, 5.41) is 3.43. The van der Waals surface area contributed by atoms with Gasteiger partial charge in [0.1, 0.15) is 11.3 Å². The van der Waals surface area contributed by atoms with Gasteiger partial charge in [-0.05, 0) is 29.3 Å². The summed E-state index contributed by atoms with van der Waals surface area (Å²) in [7, 11) is 4.47. The maximum absolute atomic E-state index is 12.3. The molecule has 7 heteroatoms. The Kier molecular flexibility index (Phi) is 6.86. The number of benzene rings is 2. The molecule has 26 heavy (non-hydrogen) atoms. The molecule has 0 fully saturated rings. The molecule has 2 aromatic rings. The molecular formula is C19H21ClN2O4. The Labute approximate surface area is 157 Å². The SMILES string of the molecule is COC(=O)c1cc(CNC(=O)N(C)Cc2ccccc2Cl)ccc1OC. The molecule has 0 radical (unpaired) electrons. The van der Waals surface area contributed by atoms with Crippen molar-refractivity contribution in [3.63, 3.8) is 0 Å². The number of rotatable bonds is 6. The van der Waals surface area contributed by atoms with Gasteiger partial charge in [-0.3, -0.25) is 0 Å². The monoisotopic (exact) mass is 376 g/mol. The summed E-state index contributed by atoms with van der Waals surface area (Å²) in [5.74, 6) is -0.0753. The molecule has 0 aliphatic heterocycles. The van der Waals surface area contributed by atoms with E-state index in [1.165, 1.54) is 19.1 Å². The molecule has 0 bridgehead atoms. The number of nitrogens with zero attached hydrogens (tertiary/aromatic N) is 1. The zero-order valence-electron chi connectivity index (χ0n) is 14.9. The molecule has 6 nitrogen and oxygen atoms in total. The number of amides is 2. The molecule has 0 aliphatic carbocycles. The second-order valence-corrected chi connectivity index (χ2v) is 6.04. The Hall–Kier alpha value is -2.73. The van der Waals surface area contributed by atoms with Crippen molar-refractivity contribution in [3.8, 4) is 5.75 Å². The number of nitrogens with one attached hydrogen (secondary N) is 1. The molecule has 0 aromatic heterocycles. The molecule has 2 rings (SSSR count). The van der Waals surface area contributed by atoms with Crippen molar-refractivity contribution in [2.45, 2.75) is 13.1 Å². The normalized spacial score (nSPS) is 10.2. The quantitative estimate of drug-likeness (QED) is 0.784. The number of hydrogen-bond donors (Lipinski definition) is 1. The molecule has 2 aromatic carbocycles. The average Bonchev–Trinajstić information content (AvgIpc) is 2.66. The molecule has 0 heterocycles. The largest absolute Gasteiger partial charge is 0.496 e. The minimum Gasteiger partial charge on any atom is -0.496 e. The molecule has 0 unspecified atom stereocenters. The van der Waals surface area contributed by atoms with Gasteiger partial charge in [0.05, 0.1) is 14.2 Å². The zero-order chi connectivity index (χ0) is 19.1. The Morgan fingerprint density at radius 1 is 1.15 bits per heavy atom. The van der Waals surface area contributed by atoms with Crippen LogP contribution in [0.2, 0.25) is 5.02 Å². The van der Waals surface area contributed by atoms with Crippen LogP contribution in [0.5, 0.6) is 5.75 Å². The molecule has 0 atom stereocenters. The van der Waals surface area contributed by atoms with Crippen LogP contribution < -0.4 is 10.1 Å². The molecular weight excluding hydrogens is 356 g/mol. The fourth-order valence-corrected chi connectivity index (χ4v) is 2.60. The second-order valence-electron chi connectivity index (χ2n) is 5.63. The van der Waals surface area contributed by atoms with Gasteiger partial charge in [0.2, 0.25) is 0 Å². The Morgan fingerprint density at radius 2 is 1.88 bits per heavy atom. The van der Waals surface area contributed by atoms with E-state index in [0.29, 0.717) is 22.9 Å². The third-order valence-electron chi connectivity index (χ3n) is 3.82. The minimum absolute atomic E-state index is 0.250. The first kappa shape index (κ1) is 19.6. The average molecular weight is 377 g/mol. The highest BCUT2D eigenvalue weighted by molar-refractivity contribution is 6.31. The van der Waals surface area contributed by atoms with E-state index in [4.69, 9.17) is 21.1 Å². The van der Waals surface area contributed by atoms with Gasteiger partial charge in [0.15, 0.2) is 0 Å². The maximum atomic E-state index is 12.3. The van der Waals surface area contributed by atoms with Crippen LogP contribution in [0.1, 0.15) is 21.5 Å². The summed E-state index contributed by atoms with van der Waals surface area (Å²) in [6.45, 7) is 0.654. The Balaban J connectivity index is 2.00. The minimum atomic E-state index is -0.495. The molecule has 0 spiro atoms. The van der Waals surface area contributed by atoms with Crippen molar-refractivity contribution in [1.29, 1.82) is 0 Å². The van der Waals surface area contributed by atoms with Crippen LogP contribution in [0, 0.1) is 0 Å². The van der Waals surface area contributed by atoms with E-state index >= 15 is 0 Å². The summed E-state index contributed by atoms with van der Waals surface area (Å²) in [6.07, 6.45) is 0. The second kappa shape index (κ2) is 9.10. The molecule has 0 aliphatic rings. The van der Waals surface area contributed by atoms with Crippen molar-refractivity contribution in [1.82, 2.24) is 10.2 Å². The Morgan fingerprint density at radius 3 is 2.54 bits per heavy atom. The molecule has 0 saturated heterocycles.